The second-order valence-corrected chi connectivity index (χ2v) is 5.51. The summed E-state index contributed by atoms with van der Waals surface area (Å²) in [5, 5.41) is 4.10. The van der Waals surface area contributed by atoms with E-state index in [0.29, 0.717) is 23.5 Å². The predicted octanol–water partition coefficient (Wildman–Crippen LogP) is 2.09. The third-order valence-electron chi connectivity index (χ3n) is 3.15. The molecule has 0 radical (unpaired) electrons. The van der Waals surface area contributed by atoms with Crippen LogP contribution in [0.15, 0.2) is 24.3 Å². The summed E-state index contributed by atoms with van der Waals surface area (Å²) >= 11 is 5.93. The van der Waals surface area contributed by atoms with Gasteiger partial charge >= 0.3 is 0 Å². The molecule has 2 rings (SSSR count). The summed E-state index contributed by atoms with van der Waals surface area (Å²) in [6.45, 7) is 5.78. The Balaban J connectivity index is 1.99. The van der Waals surface area contributed by atoms with Crippen molar-refractivity contribution in [2.24, 2.45) is 0 Å². The molecule has 0 aromatic heterocycles. The number of piperazine rings is 1. The molecule has 1 aromatic carbocycles. The molecule has 98 valence electrons. The van der Waals surface area contributed by atoms with Crippen LogP contribution in [0.5, 0.6) is 0 Å². The highest BCUT2D eigenvalue weighted by Crippen LogP contribution is 2.13. The summed E-state index contributed by atoms with van der Waals surface area (Å²) in [5.41, 5.74) is 0.978. The first kappa shape index (κ1) is 13.4. The SMILES string of the molecule is C[C@H]1CN(C(=O)Cc2cccc(Cl)c2)C[C@H](C)N1. The van der Waals surface area contributed by atoms with Crippen molar-refractivity contribution in [1.29, 1.82) is 0 Å². The van der Waals surface area contributed by atoms with Crippen LogP contribution in [-0.4, -0.2) is 36.0 Å². The highest BCUT2D eigenvalue weighted by Gasteiger charge is 2.24. The minimum Gasteiger partial charge on any atom is -0.339 e. The quantitative estimate of drug-likeness (QED) is 0.889. The fourth-order valence-electron chi connectivity index (χ4n) is 2.46. The molecule has 0 unspecified atom stereocenters. The zero-order valence-corrected chi connectivity index (χ0v) is 11.6. The Bertz CT molecular complexity index is 426. The van der Waals surface area contributed by atoms with Crippen molar-refractivity contribution in [2.75, 3.05) is 13.1 Å². The van der Waals surface area contributed by atoms with Gasteiger partial charge in [-0.15, -0.1) is 0 Å². The van der Waals surface area contributed by atoms with Crippen LogP contribution in [0.2, 0.25) is 5.02 Å². The number of carbonyl (C=O) groups excluding carboxylic acids is 1. The van der Waals surface area contributed by atoms with Crippen molar-refractivity contribution >= 4 is 17.5 Å². The maximum Gasteiger partial charge on any atom is 0.227 e. The maximum atomic E-state index is 12.2. The first-order valence-corrected chi connectivity index (χ1v) is 6.70. The van der Waals surface area contributed by atoms with E-state index in [4.69, 9.17) is 11.6 Å². The molecular formula is C14H19ClN2O. The minimum atomic E-state index is 0.178. The van der Waals surface area contributed by atoms with Gasteiger partial charge < -0.3 is 10.2 Å². The number of halogens is 1. The van der Waals surface area contributed by atoms with Gasteiger partial charge in [0.05, 0.1) is 6.42 Å². The van der Waals surface area contributed by atoms with Crippen molar-refractivity contribution in [3.63, 3.8) is 0 Å². The van der Waals surface area contributed by atoms with Crippen LogP contribution in [0.3, 0.4) is 0 Å². The molecule has 0 saturated carbocycles. The summed E-state index contributed by atoms with van der Waals surface area (Å²) in [5.74, 6) is 0.178. The molecule has 1 aromatic rings. The Morgan fingerprint density at radius 1 is 1.39 bits per heavy atom. The van der Waals surface area contributed by atoms with Gasteiger partial charge in [0.25, 0.3) is 0 Å². The van der Waals surface area contributed by atoms with Crippen LogP contribution < -0.4 is 5.32 Å². The number of hydrogen-bond acceptors (Lipinski definition) is 2. The summed E-state index contributed by atoms with van der Waals surface area (Å²) in [4.78, 5) is 14.2. The summed E-state index contributed by atoms with van der Waals surface area (Å²) < 4.78 is 0. The molecular weight excluding hydrogens is 248 g/mol. The average molecular weight is 267 g/mol. The molecule has 1 aliphatic heterocycles. The second-order valence-electron chi connectivity index (χ2n) is 5.07. The number of amides is 1. The molecule has 3 nitrogen and oxygen atoms in total. The molecule has 4 heteroatoms. The number of carbonyl (C=O) groups is 1. The fraction of sp³-hybridized carbons (Fsp3) is 0.500. The molecule has 1 amide bonds. The second kappa shape index (κ2) is 5.72. The van der Waals surface area contributed by atoms with Gasteiger partial charge in [-0.2, -0.15) is 0 Å². The molecule has 0 aliphatic carbocycles. The number of rotatable bonds is 2. The Morgan fingerprint density at radius 3 is 2.67 bits per heavy atom. The van der Waals surface area contributed by atoms with Crippen LogP contribution in [0.25, 0.3) is 0 Å². The van der Waals surface area contributed by atoms with E-state index in [9.17, 15) is 4.79 Å². The predicted molar refractivity (Wildman–Crippen MR) is 73.8 cm³/mol. The summed E-state index contributed by atoms with van der Waals surface area (Å²) in [7, 11) is 0. The number of hydrogen-bond donors (Lipinski definition) is 1. The summed E-state index contributed by atoms with van der Waals surface area (Å²) in [6.07, 6.45) is 0.431. The van der Waals surface area contributed by atoms with Crippen molar-refractivity contribution in [3.8, 4) is 0 Å². The van der Waals surface area contributed by atoms with Crippen molar-refractivity contribution in [2.45, 2.75) is 32.4 Å². The van der Waals surface area contributed by atoms with E-state index in [-0.39, 0.29) is 5.91 Å². The molecule has 1 aliphatic rings. The molecule has 1 fully saturated rings. The largest absolute Gasteiger partial charge is 0.339 e. The topological polar surface area (TPSA) is 32.3 Å². The standard InChI is InChI=1S/C14H19ClN2O/c1-10-8-17(9-11(2)16-10)14(18)7-12-4-3-5-13(15)6-12/h3-6,10-11,16H,7-9H2,1-2H3/t10-,11-/m0/s1. The molecule has 2 atom stereocenters. The van der Waals surface area contributed by atoms with E-state index >= 15 is 0 Å². The third kappa shape index (κ3) is 3.47. The van der Waals surface area contributed by atoms with Crippen LogP contribution in [0.4, 0.5) is 0 Å². The van der Waals surface area contributed by atoms with E-state index in [1.165, 1.54) is 0 Å². The molecule has 1 N–H and O–H groups in total. The van der Waals surface area contributed by atoms with Gasteiger partial charge in [-0.25, -0.2) is 0 Å². The van der Waals surface area contributed by atoms with E-state index in [1.807, 2.05) is 29.2 Å². The normalized spacial score (nSPS) is 24.1. The van der Waals surface area contributed by atoms with E-state index in [1.54, 1.807) is 0 Å². The Kier molecular flexibility index (Phi) is 4.25. The molecule has 1 saturated heterocycles. The van der Waals surface area contributed by atoms with Crippen LogP contribution in [0.1, 0.15) is 19.4 Å². The zero-order chi connectivity index (χ0) is 13.1. The monoisotopic (exact) mass is 266 g/mol. The Labute approximate surface area is 113 Å². The highest BCUT2D eigenvalue weighted by atomic mass is 35.5. The van der Waals surface area contributed by atoms with Gasteiger partial charge in [0.1, 0.15) is 0 Å². The first-order chi connectivity index (χ1) is 8.54. The van der Waals surface area contributed by atoms with Gasteiger partial charge in [0.15, 0.2) is 0 Å². The lowest BCUT2D eigenvalue weighted by Crippen LogP contribution is -2.56. The Morgan fingerprint density at radius 2 is 2.06 bits per heavy atom. The maximum absolute atomic E-state index is 12.2. The van der Waals surface area contributed by atoms with E-state index in [0.717, 1.165) is 18.7 Å². The van der Waals surface area contributed by atoms with Crippen LogP contribution in [0, 0.1) is 0 Å². The van der Waals surface area contributed by atoms with E-state index in [2.05, 4.69) is 19.2 Å². The molecule has 1 heterocycles. The van der Waals surface area contributed by atoms with E-state index < -0.39 is 0 Å². The third-order valence-corrected chi connectivity index (χ3v) is 3.39. The smallest absolute Gasteiger partial charge is 0.227 e. The van der Waals surface area contributed by atoms with Gasteiger partial charge in [-0.3, -0.25) is 4.79 Å². The fourth-order valence-corrected chi connectivity index (χ4v) is 2.68. The molecule has 18 heavy (non-hydrogen) atoms. The average Bonchev–Trinajstić information content (AvgIpc) is 2.27. The van der Waals surface area contributed by atoms with Gasteiger partial charge in [0.2, 0.25) is 5.91 Å². The number of nitrogens with one attached hydrogen (secondary N) is 1. The lowest BCUT2D eigenvalue weighted by atomic mass is 10.1. The number of nitrogens with zero attached hydrogens (tertiary/aromatic N) is 1. The lowest BCUT2D eigenvalue weighted by molar-refractivity contribution is -0.132. The van der Waals surface area contributed by atoms with Crippen LogP contribution in [-0.2, 0) is 11.2 Å². The van der Waals surface area contributed by atoms with Crippen LogP contribution >= 0.6 is 11.6 Å². The minimum absolute atomic E-state index is 0.178. The number of benzene rings is 1. The van der Waals surface area contributed by atoms with Gasteiger partial charge in [-0.05, 0) is 31.5 Å². The zero-order valence-electron chi connectivity index (χ0n) is 10.8. The van der Waals surface area contributed by atoms with Gasteiger partial charge in [0, 0.05) is 30.2 Å². The summed E-state index contributed by atoms with van der Waals surface area (Å²) in [6, 6.07) is 8.22. The first-order valence-electron chi connectivity index (χ1n) is 6.33. The Hall–Kier alpha value is -1.06. The van der Waals surface area contributed by atoms with Gasteiger partial charge in [-0.1, -0.05) is 23.7 Å². The molecule has 0 bridgehead atoms. The molecule has 0 spiro atoms. The lowest BCUT2D eigenvalue weighted by Gasteiger charge is -2.36. The highest BCUT2D eigenvalue weighted by molar-refractivity contribution is 6.30. The van der Waals surface area contributed by atoms with Crippen molar-refractivity contribution in [1.82, 2.24) is 10.2 Å². The van der Waals surface area contributed by atoms with Crippen molar-refractivity contribution in [3.05, 3.63) is 34.9 Å². The van der Waals surface area contributed by atoms with Crippen molar-refractivity contribution < 1.29 is 4.79 Å².